The van der Waals surface area contributed by atoms with Crippen molar-refractivity contribution in [1.29, 1.82) is 0 Å². The van der Waals surface area contributed by atoms with Gasteiger partial charge in [0.05, 0.1) is 46.8 Å². The smallest absolute Gasteiger partial charge is 0.405 e. The fourth-order valence-electron chi connectivity index (χ4n) is 5.58. The Kier molecular flexibility index (Phi) is 11.2. The van der Waals surface area contributed by atoms with E-state index in [1.807, 2.05) is 132 Å². The van der Waals surface area contributed by atoms with Crippen molar-refractivity contribution in [2.45, 2.75) is 124 Å². The lowest BCUT2D eigenvalue weighted by Crippen LogP contribution is -2.41. The average molecular weight is 759 g/mol. The van der Waals surface area contributed by atoms with E-state index in [1.165, 1.54) is 0 Å². The van der Waals surface area contributed by atoms with Crippen LogP contribution in [0.2, 0.25) is 0 Å². The van der Waals surface area contributed by atoms with Gasteiger partial charge in [0.1, 0.15) is 0 Å². The molecular weight excluding hydrogens is 709 g/mol. The summed E-state index contributed by atoms with van der Waals surface area (Å²) in [5.41, 5.74) is 1.88. The predicted molar refractivity (Wildman–Crippen MR) is 211 cm³/mol. The van der Waals surface area contributed by atoms with Gasteiger partial charge in [-0.15, -0.1) is 0 Å². The van der Waals surface area contributed by atoms with Crippen LogP contribution < -0.4 is 5.46 Å². The van der Waals surface area contributed by atoms with Crippen LogP contribution in [0.1, 0.15) is 90.5 Å². The lowest BCUT2D eigenvalue weighted by Gasteiger charge is -2.32. The summed E-state index contributed by atoms with van der Waals surface area (Å²) in [4.78, 5) is 13.1. The largest absolute Gasteiger partial charge is 0.494 e. The first-order valence-corrected chi connectivity index (χ1v) is 17.5. The van der Waals surface area contributed by atoms with Crippen molar-refractivity contribution in [2.75, 3.05) is 0 Å². The number of aromatic nitrogens is 2. The fourth-order valence-corrected chi connectivity index (χ4v) is 6.16. The molecule has 3 fully saturated rings. The third kappa shape index (κ3) is 7.84. The van der Waals surface area contributed by atoms with Crippen LogP contribution in [0, 0.1) is 13.1 Å². The second kappa shape index (κ2) is 14.1. The van der Waals surface area contributed by atoms with E-state index in [2.05, 4.69) is 35.6 Å². The molecule has 0 aliphatic carbocycles. The Labute approximate surface area is 312 Å². The van der Waals surface area contributed by atoms with Crippen LogP contribution >= 0.6 is 15.9 Å². The van der Waals surface area contributed by atoms with Gasteiger partial charge in [-0.1, -0.05) is 29.4 Å². The maximum Gasteiger partial charge on any atom is 0.494 e. The molecule has 0 radical (unpaired) electrons. The Morgan fingerprint density at radius 1 is 0.549 bits per heavy atom. The molecule has 51 heavy (non-hydrogen) atoms. The standard InChI is InChI=1S/C15H17BN2O2.C12H24B2O4.C9H5BrN2.CH4/c1-14(2)15(3,4)20-16(19-14)12-8-10(17-5)9-13-11(12)6-7-18-13;1-9(2)10(3,4)16-13(15-9)14-17-11(5,6)12(7,8)18-14;1-11-6-4-8(10)7-2-3-12-9(7)5-6;/h6-9,18H,1-4H3;1-8H3;2-5,12H;1H4. The summed E-state index contributed by atoms with van der Waals surface area (Å²) in [5.74, 6) is 0. The zero-order valence-electron chi connectivity index (χ0n) is 31.1. The molecule has 270 valence electrons. The van der Waals surface area contributed by atoms with Crippen molar-refractivity contribution in [3.05, 3.63) is 76.1 Å². The van der Waals surface area contributed by atoms with Crippen LogP contribution in [0.15, 0.2) is 53.3 Å². The van der Waals surface area contributed by atoms with Crippen LogP contribution in [-0.4, -0.2) is 64.7 Å². The van der Waals surface area contributed by atoms with Crippen LogP contribution in [0.3, 0.4) is 0 Å². The molecule has 2 aromatic carbocycles. The Balaban J connectivity index is 0.000000175. The predicted octanol–water partition coefficient (Wildman–Crippen LogP) is 9.38. The second-order valence-electron chi connectivity index (χ2n) is 15.9. The van der Waals surface area contributed by atoms with Crippen molar-refractivity contribution >= 4 is 75.7 Å². The van der Waals surface area contributed by atoms with Gasteiger partial charge in [-0.25, -0.2) is 9.69 Å². The molecule has 3 aliphatic rings. The maximum absolute atomic E-state index is 7.22. The number of hydrogen-bond acceptors (Lipinski definition) is 6. The lowest BCUT2D eigenvalue weighted by molar-refractivity contribution is 0.00578. The summed E-state index contributed by atoms with van der Waals surface area (Å²) in [6.45, 7) is 38.4. The fraction of sp³-hybridized carbons (Fsp3) is 0.514. The Morgan fingerprint density at radius 2 is 0.902 bits per heavy atom. The van der Waals surface area contributed by atoms with E-state index >= 15 is 0 Å². The number of rotatable bonds is 2. The first-order valence-electron chi connectivity index (χ1n) is 16.7. The van der Waals surface area contributed by atoms with Crippen LogP contribution in [-0.2, 0) is 27.9 Å². The zero-order valence-corrected chi connectivity index (χ0v) is 32.7. The molecule has 7 rings (SSSR count). The second-order valence-corrected chi connectivity index (χ2v) is 16.8. The zero-order chi connectivity index (χ0) is 37.1. The summed E-state index contributed by atoms with van der Waals surface area (Å²) in [6.07, 6.45) is 3.73. The van der Waals surface area contributed by atoms with E-state index in [-0.39, 0.29) is 41.0 Å². The topological polar surface area (TPSA) is 95.7 Å². The minimum Gasteiger partial charge on any atom is -0.405 e. The highest BCUT2D eigenvalue weighted by molar-refractivity contribution is 9.10. The molecule has 4 aromatic rings. The number of benzene rings is 2. The molecule has 0 saturated carbocycles. The molecule has 3 aliphatic heterocycles. The van der Waals surface area contributed by atoms with E-state index < -0.39 is 21.1 Å². The minimum absolute atomic E-state index is 0. The first-order chi connectivity index (χ1) is 23.0. The molecule has 3 saturated heterocycles. The third-order valence-electron chi connectivity index (χ3n) is 10.8. The number of H-pyrrole nitrogens is 2. The van der Waals surface area contributed by atoms with Gasteiger partial charge in [0.25, 0.3) is 0 Å². The first kappa shape index (κ1) is 40.7. The van der Waals surface area contributed by atoms with E-state index in [9.17, 15) is 0 Å². The molecule has 2 N–H and O–H groups in total. The maximum atomic E-state index is 7.22. The van der Waals surface area contributed by atoms with Gasteiger partial charge in [0.2, 0.25) is 0 Å². The summed E-state index contributed by atoms with van der Waals surface area (Å²) in [5, 5.41) is 2.15. The Hall–Kier alpha value is -3.07. The number of aromatic amines is 2. The van der Waals surface area contributed by atoms with Gasteiger partial charge in [0, 0.05) is 33.3 Å². The highest BCUT2D eigenvalue weighted by Gasteiger charge is 2.63. The molecular formula is C37H50B3BrN4O6. The van der Waals surface area contributed by atoms with Crippen LogP contribution in [0.4, 0.5) is 11.4 Å². The van der Waals surface area contributed by atoms with Crippen LogP contribution in [0.25, 0.3) is 31.5 Å². The molecule has 0 spiro atoms. The Morgan fingerprint density at radius 3 is 1.31 bits per heavy atom. The van der Waals surface area contributed by atoms with E-state index in [1.54, 1.807) is 0 Å². The van der Waals surface area contributed by atoms with Gasteiger partial charge >= 0.3 is 21.1 Å². The van der Waals surface area contributed by atoms with Crippen molar-refractivity contribution in [3.8, 4) is 0 Å². The van der Waals surface area contributed by atoms with Gasteiger partial charge in [-0.05, 0) is 124 Å². The van der Waals surface area contributed by atoms with Crippen molar-refractivity contribution in [3.63, 3.8) is 0 Å². The van der Waals surface area contributed by atoms with E-state index in [4.69, 9.17) is 41.1 Å². The molecule has 5 heterocycles. The summed E-state index contributed by atoms with van der Waals surface area (Å²) >= 11 is 3.40. The molecule has 0 atom stereocenters. The molecule has 0 amide bonds. The summed E-state index contributed by atoms with van der Waals surface area (Å²) in [6, 6.07) is 11.3. The average Bonchev–Trinajstić information content (AvgIpc) is 3.79. The third-order valence-corrected chi connectivity index (χ3v) is 11.5. The minimum atomic E-state index is -0.476. The molecule has 2 aromatic heterocycles. The van der Waals surface area contributed by atoms with Gasteiger partial charge in [-0.2, -0.15) is 0 Å². The molecule has 14 heteroatoms. The monoisotopic (exact) mass is 758 g/mol. The highest BCUT2D eigenvalue weighted by atomic mass is 79.9. The van der Waals surface area contributed by atoms with E-state index in [0.29, 0.717) is 11.4 Å². The van der Waals surface area contributed by atoms with Crippen molar-refractivity contribution in [1.82, 2.24) is 9.97 Å². The normalized spacial score (nSPS) is 21.6. The number of fused-ring (bicyclic) bond motifs is 2. The number of hydrogen-bond donors (Lipinski definition) is 2. The van der Waals surface area contributed by atoms with Crippen LogP contribution in [0.5, 0.6) is 0 Å². The number of nitrogens with one attached hydrogen (secondary N) is 2. The van der Waals surface area contributed by atoms with E-state index in [0.717, 1.165) is 31.7 Å². The molecule has 0 bridgehead atoms. The molecule has 0 unspecified atom stereocenters. The number of nitrogens with zero attached hydrogens (tertiary/aromatic N) is 2. The Bertz CT molecular complexity index is 1890. The van der Waals surface area contributed by atoms with Crippen molar-refractivity contribution < 1.29 is 27.9 Å². The summed E-state index contributed by atoms with van der Waals surface area (Å²) in [7, 11) is -1.40. The quantitative estimate of drug-likeness (QED) is 0.156. The van der Waals surface area contributed by atoms with Gasteiger partial charge in [0.15, 0.2) is 11.4 Å². The highest BCUT2D eigenvalue weighted by Crippen LogP contribution is 2.43. The van der Waals surface area contributed by atoms with Crippen molar-refractivity contribution in [2.24, 2.45) is 0 Å². The SMILES string of the molecule is C.CC1(C)OB(B2OC(C)(C)C(C)(C)O2)OC1(C)C.[C-]#[N+]c1cc(B2OC(C)(C)C(C)(C)O2)c2cc[nH]c2c1.[C-]#[N+]c1cc(Br)c2cc[nH]c2c1. The summed E-state index contributed by atoms with van der Waals surface area (Å²) < 4.78 is 37.0. The number of halogens is 1. The lowest BCUT2D eigenvalue weighted by atomic mass is 9.49. The van der Waals surface area contributed by atoms with Gasteiger partial charge in [-0.3, -0.25) is 0 Å². The molecule has 10 nitrogen and oxygen atoms in total. The van der Waals surface area contributed by atoms with Gasteiger partial charge < -0.3 is 37.9 Å².